The van der Waals surface area contributed by atoms with E-state index >= 15 is 0 Å². The number of aliphatic hydroxyl groups is 1. The Hall–Kier alpha value is -1.72. The lowest BCUT2D eigenvalue weighted by atomic mass is 10.3. The van der Waals surface area contributed by atoms with Crippen LogP contribution in [0.1, 0.15) is 5.69 Å². The van der Waals surface area contributed by atoms with E-state index in [2.05, 4.69) is 9.97 Å². The predicted molar refractivity (Wildman–Crippen MR) is 65.8 cm³/mol. The molecule has 2 rings (SSSR count). The van der Waals surface area contributed by atoms with E-state index < -0.39 is 0 Å². The van der Waals surface area contributed by atoms with Gasteiger partial charge in [0.15, 0.2) is 0 Å². The van der Waals surface area contributed by atoms with E-state index in [1.54, 1.807) is 0 Å². The number of rotatable bonds is 4. The number of nitrogens with zero attached hydrogens (tertiary/aromatic N) is 2. The fraction of sp³-hybridized carbons (Fsp3) is 0.333. The van der Waals surface area contributed by atoms with Crippen LogP contribution in [0, 0.1) is 0 Å². The molecule has 1 heterocycles. The molecule has 0 bridgehead atoms. The second kappa shape index (κ2) is 5.07. The van der Waals surface area contributed by atoms with Crippen molar-refractivity contribution in [1.29, 1.82) is 0 Å². The van der Waals surface area contributed by atoms with Crippen LogP contribution in [0.3, 0.4) is 0 Å². The van der Waals surface area contributed by atoms with Crippen LogP contribution in [-0.2, 0) is 6.54 Å². The lowest BCUT2D eigenvalue weighted by molar-refractivity contribution is 0.215. The lowest BCUT2D eigenvalue weighted by Crippen LogP contribution is -2.27. The van der Waals surface area contributed by atoms with Crippen molar-refractivity contribution in [2.75, 3.05) is 20.2 Å². The zero-order valence-corrected chi connectivity index (χ0v) is 9.68. The zero-order valence-electron chi connectivity index (χ0n) is 9.68. The predicted octanol–water partition coefficient (Wildman–Crippen LogP) is 0.347. The summed E-state index contributed by atoms with van der Waals surface area (Å²) in [6.07, 6.45) is 0. The van der Waals surface area contributed by atoms with Crippen LogP contribution in [-0.4, -0.2) is 40.2 Å². The van der Waals surface area contributed by atoms with Crippen molar-refractivity contribution in [2.45, 2.75) is 6.54 Å². The Morgan fingerprint density at radius 2 is 2.18 bits per heavy atom. The van der Waals surface area contributed by atoms with Gasteiger partial charge in [-0.05, 0) is 19.2 Å². The van der Waals surface area contributed by atoms with E-state index in [4.69, 9.17) is 5.11 Å². The highest BCUT2D eigenvalue weighted by molar-refractivity contribution is 5.73. The van der Waals surface area contributed by atoms with Gasteiger partial charge < -0.3 is 10.1 Å². The van der Waals surface area contributed by atoms with Gasteiger partial charge in [0.2, 0.25) is 0 Å². The molecule has 90 valence electrons. The van der Waals surface area contributed by atoms with Gasteiger partial charge >= 0.3 is 0 Å². The van der Waals surface area contributed by atoms with Crippen LogP contribution in [0.5, 0.6) is 0 Å². The minimum Gasteiger partial charge on any atom is -0.395 e. The summed E-state index contributed by atoms with van der Waals surface area (Å²) in [5.74, 6) is 0. The second-order valence-corrected chi connectivity index (χ2v) is 3.99. The summed E-state index contributed by atoms with van der Waals surface area (Å²) in [5.41, 5.74) is 1.82. The highest BCUT2D eigenvalue weighted by Crippen LogP contribution is 2.06. The normalized spacial score (nSPS) is 11.2. The number of aromatic nitrogens is 2. The van der Waals surface area contributed by atoms with Crippen LogP contribution in [0.15, 0.2) is 29.1 Å². The highest BCUT2D eigenvalue weighted by atomic mass is 16.3. The largest absolute Gasteiger partial charge is 0.395 e. The third-order valence-electron chi connectivity index (χ3n) is 2.57. The Balaban J connectivity index is 2.34. The molecule has 1 aromatic carbocycles. The summed E-state index contributed by atoms with van der Waals surface area (Å²) < 4.78 is 0. The second-order valence-electron chi connectivity index (χ2n) is 3.99. The fourth-order valence-electron chi connectivity index (χ4n) is 1.68. The first-order chi connectivity index (χ1) is 8.20. The van der Waals surface area contributed by atoms with Crippen molar-refractivity contribution in [3.05, 3.63) is 40.3 Å². The first kappa shape index (κ1) is 11.8. The number of nitrogens with one attached hydrogen (secondary N) is 1. The first-order valence-electron chi connectivity index (χ1n) is 5.48. The zero-order chi connectivity index (χ0) is 12.3. The summed E-state index contributed by atoms with van der Waals surface area (Å²) in [6.45, 7) is 1.02. The quantitative estimate of drug-likeness (QED) is 0.799. The molecule has 5 heteroatoms. The van der Waals surface area contributed by atoms with Gasteiger partial charge in [-0.15, -0.1) is 0 Å². The summed E-state index contributed by atoms with van der Waals surface area (Å²) >= 11 is 0. The number of aliphatic hydroxyl groups excluding tert-OH is 1. The molecule has 17 heavy (non-hydrogen) atoms. The van der Waals surface area contributed by atoms with E-state index in [0.29, 0.717) is 18.8 Å². The smallest absolute Gasteiger partial charge is 0.271 e. The molecule has 0 aliphatic heterocycles. The summed E-state index contributed by atoms with van der Waals surface area (Å²) in [5, 5.41) is 8.81. The molecule has 2 aromatic rings. The van der Waals surface area contributed by atoms with E-state index in [9.17, 15) is 4.79 Å². The third-order valence-corrected chi connectivity index (χ3v) is 2.57. The summed E-state index contributed by atoms with van der Waals surface area (Å²) in [7, 11) is 1.84. The molecule has 0 aliphatic rings. The van der Waals surface area contributed by atoms with Crippen LogP contribution in [0.2, 0.25) is 0 Å². The number of H-pyrrole nitrogens is 1. The number of hydrogen-bond donors (Lipinski definition) is 2. The van der Waals surface area contributed by atoms with Crippen molar-refractivity contribution in [3.8, 4) is 0 Å². The monoisotopic (exact) mass is 233 g/mol. The molecule has 0 fully saturated rings. The molecule has 0 saturated carbocycles. The SMILES string of the molecule is CN(CCO)Cc1nc2ccccc2[nH]c1=O. The van der Waals surface area contributed by atoms with Gasteiger partial charge in [0.1, 0.15) is 5.69 Å². The fourth-order valence-corrected chi connectivity index (χ4v) is 1.68. The van der Waals surface area contributed by atoms with Crippen LogP contribution >= 0.6 is 0 Å². The van der Waals surface area contributed by atoms with Crippen LogP contribution in [0.4, 0.5) is 0 Å². The Morgan fingerprint density at radius 3 is 2.94 bits per heavy atom. The van der Waals surface area contributed by atoms with Gasteiger partial charge in [-0.2, -0.15) is 0 Å². The highest BCUT2D eigenvalue weighted by Gasteiger charge is 2.07. The topological polar surface area (TPSA) is 69.2 Å². The van der Waals surface area contributed by atoms with Crippen LogP contribution < -0.4 is 5.56 Å². The number of likely N-dealkylation sites (N-methyl/N-ethyl adjacent to an activating group) is 1. The minimum atomic E-state index is -0.173. The molecule has 0 atom stereocenters. The average Bonchev–Trinajstić information content (AvgIpc) is 2.30. The van der Waals surface area contributed by atoms with Crippen molar-refractivity contribution in [3.63, 3.8) is 0 Å². The summed E-state index contributed by atoms with van der Waals surface area (Å²) in [4.78, 5) is 20.7. The molecular formula is C12H15N3O2. The molecule has 0 amide bonds. The van der Waals surface area contributed by atoms with Gasteiger partial charge in [0.25, 0.3) is 5.56 Å². The molecule has 1 aromatic heterocycles. The Bertz CT molecular complexity index is 565. The van der Waals surface area contributed by atoms with Gasteiger partial charge in [-0.1, -0.05) is 12.1 Å². The minimum absolute atomic E-state index is 0.0714. The first-order valence-corrected chi connectivity index (χ1v) is 5.48. The van der Waals surface area contributed by atoms with Crippen molar-refractivity contribution in [2.24, 2.45) is 0 Å². The molecule has 0 radical (unpaired) electrons. The van der Waals surface area contributed by atoms with Gasteiger partial charge in [-0.25, -0.2) is 4.98 Å². The third kappa shape index (κ3) is 2.69. The molecule has 0 aliphatic carbocycles. The number of benzene rings is 1. The lowest BCUT2D eigenvalue weighted by Gasteiger charge is -2.13. The molecule has 0 spiro atoms. The van der Waals surface area contributed by atoms with Gasteiger partial charge in [-0.3, -0.25) is 9.69 Å². The molecular weight excluding hydrogens is 218 g/mol. The molecule has 5 nitrogen and oxygen atoms in total. The van der Waals surface area contributed by atoms with E-state index in [1.807, 2.05) is 36.2 Å². The standard InChI is InChI=1S/C12H15N3O2/c1-15(6-7-16)8-11-12(17)14-10-5-3-2-4-9(10)13-11/h2-5,16H,6-8H2,1H3,(H,14,17). The van der Waals surface area contributed by atoms with Crippen molar-refractivity contribution < 1.29 is 5.11 Å². The number of hydrogen-bond acceptors (Lipinski definition) is 4. The van der Waals surface area contributed by atoms with E-state index in [0.717, 1.165) is 11.0 Å². The van der Waals surface area contributed by atoms with Crippen molar-refractivity contribution in [1.82, 2.24) is 14.9 Å². The number of fused-ring (bicyclic) bond motifs is 1. The summed E-state index contributed by atoms with van der Waals surface area (Å²) in [6, 6.07) is 7.43. The molecule has 0 unspecified atom stereocenters. The Morgan fingerprint density at radius 1 is 1.41 bits per heavy atom. The van der Waals surface area contributed by atoms with Gasteiger partial charge in [0.05, 0.1) is 17.6 Å². The van der Waals surface area contributed by atoms with E-state index in [-0.39, 0.29) is 12.2 Å². The Labute approximate surface area is 98.7 Å². The maximum atomic E-state index is 11.8. The van der Waals surface area contributed by atoms with Crippen LogP contribution in [0.25, 0.3) is 11.0 Å². The maximum Gasteiger partial charge on any atom is 0.271 e. The van der Waals surface area contributed by atoms with E-state index in [1.165, 1.54) is 0 Å². The molecule has 0 saturated heterocycles. The van der Waals surface area contributed by atoms with Gasteiger partial charge in [0, 0.05) is 13.1 Å². The number of para-hydroxylation sites is 2. The maximum absolute atomic E-state index is 11.8. The molecule has 2 N–H and O–H groups in total. The van der Waals surface area contributed by atoms with Crippen molar-refractivity contribution >= 4 is 11.0 Å². The average molecular weight is 233 g/mol. The number of aromatic amines is 1. The Kier molecular flexibility index (Phi) is 3.51.